The number of rotatable bonds is 6. The molecule has 7 rings (SSSR count). The number of carbonyl (C=O) groups excluding carboxylic acids is 2. The number of Topliss-reactive ketones (excluding diaryl/α,β-unsaturated/α-hetero) is 1. The van der Waals surface area contributed by atoms with Gasteiger partial charge in [0, 0.05) is 29.4 Å². The smallest absolute Gasteiger partial charge is 0.226 e. The summed E-state index contributed by atoms with van der Waals surface area (Å²) in [6.45, 7) is 0.569. The molecule has 1 amide bonds. The first-order valence-corrected chi connectivity index (χ1v) is 12.1. The molecule has 1 aliphatic heterocycles. The van der Waals surface area contributed by atoms with Crippen LogP contribution in [0.25, 0.3) is 11.3 Å². The normalized spacial score (nSPS) is 27.1. The molecule has 2 aromatic carbocycles. The lowest BCUT2D eigenvalue weighted by atomic mass is 9.51. The van der Waals surface area contributed by atoms with E-state index in [2.05, 4.69) is 33.1 Å². The second-order valence-corrected chi connectivity index (χ2v) is 10.1. The highest BCUT2D eigenvalue weighted by atomic mass is 16.2. The van der Waals surface area contributed by atoms with E-state index >= 15 is 0 Å². The fraction of sp³-hybridized carbons (Fsp3) is 0.393. The second kappa shape index (κ2) is 7.68. The Morgan fingerprint density at radius 3 is 2.33 bits per heavy atom. The quantitative estimate of drug-likeness (QED) is 0.583. The molecule has 2 heterocycles. The largest absolute Gasteiger partial charge is 0.352 e. The number of hydrogen-bond donors (Lipinski definition) is 1. The van der Waals surface area contributed by atoms with Gasteiger partial charge >= 0.3 is 0 Å². The van der Waals surface area contributed by atoms with Crippen molar-refractivity contribution in [3.05, 3.63) is 78.2 Å². The zero-order valence-electron chi connectivity index (χ0n) is 18.8. The van der Waals surface area contributed by atoms with Crippen LogP contribution in [0.4, 0.5) is 0 Å². The maximum atomic E-state index is 13.7. The van der Waals surface area contributed by atoms with E-state index in [-0.39, 0.29) is 22.8 Å². The number of ketones is 1. The van der Waals surface area contributed by atoms with Gasteiger partial charge in [-0.15, -0.1) is 0 Å². The van der Waals surface area contributed by atoms with Crippen molar-refractivity contribution in [2.24, 2.45) is 10.8 Å². The molecule has 2 bridgehead atoms. The van der Waals surface area contributed by atoms with Gasteiger partial charge < -0.3 is 9.88 Å². The van der Waals surface area contributed by atoms with Gasteiger partial charge in [0.1, 0.15) is 5.78 Å². The first-order chi connectivity index (χ1) is 16.1. The standard InChI is InChI=1S/C28H29N3O2/c32-25(16-23-21-8-4-5-9-22(21)24-18-29-19-31(23)24)27-10-13-28(14-11-27,15-12-27)26(33)30-17-20-6-2-1-3-7-20/h1-9,18-19,23H,10-17H2,(H,30,33). The number of aromatic nitrogens is 2. The third kappa shape index (κ3) is 3.25. The molecule has 3 aromatic rings. The predicted molar refractivity (Wildman–Crippen MR) is 126 cm³/mol. The molecule has 3 aliphatic carbocycles. The van der Waals surface area contributed by atoms with E-state index in [9.17, 15) is 9.59 Å². The van der Waals surface area contributed by atoms with Gasteiger partial charge in [0.25, 0.3) is 0 Å². The maximum absolute atomic E-state index is 13.7. The number of hydrogen-bond acceptors (Lipinski definition) is 3. The van der Waals surface area contributed by atoms with Crippen LogP contribution in [0.15, 0.2) is 67.1 Å². The monoisotopic (exact) mass is 439 g/mol. The van der Waals surface area contributed by atoms with Crippen molar-refractivity contribution in [2.75, 3.05) is 0 Å². The summed E-state index contributed by atoms with van der Waals surface area (Å²) < 4.78 is 2.16. The second-order valence-electron chi connectivity index (χ2n) is 10.1. The third-order valence-electron chi connectivity index (χ3n) is 8.59. The Kier molecular flexibility index (Phi) is 4.75. The summed E-state index contributed by atoms with van der Waals surface area (Å²) in [5, 5.41) is 3.17. The van der Waals surface area contributed by atoms with Gasteiger partial charge in [-0.25, -0.2) is 4.98 Å². The number of nitrogens with zero attached hydrogens (tertiary/aromatic N) is 2. The molecule has 3 fully saturated rings. The van der Waals surface area contributed by atoms with Gasteiger partial charge in [0.15, 0.2) is 0 Å². The van der Waals surface area contributed by atoms with Crippen molar-refractivity contribution >= 4 is 11.7 Å². The molecule has 0 spiro atoms. The number of imidazole rings is 1. The zero-order chi connectivity index (χ0) is 22.5. The minimum Gasteiger partial charge on any atom is -0.352 e. The lowest BCUT2D eigenvalue weighted by Crippen LogP contribution is -2.52. The van der Waals surface area contributed by atoms with E-state index < -0.39 is 0 Å². The lowest BCUT2D eigenvalue weighted by molar-refractivity contribution is -0.149. The molecule has 1 atom stereocenters. The molecule has 5 heteroatoms. The summed E-state index contributed by atoms with van der Waals surface area (Å²) in [7, 11) is 0. The van der Waals surface area contributed by atoms with Gasteiger partial charge in [0.05, 0.1) is 24.3 Å². The summed E-state index contributed by atoms with van der Waals surface area (Å²) in [5.74, 6) is 0.529. The van der Waals surface area contributed by atoms with Gasteiger partial charge in [0.2, 0.25) is 5.91 Å². The summed E-state index contributed by atoms with van der Waals surface area (Å²) in [6, 6.07) is 18.4. The van der Waals surface area contributed by atoms with E-state index in [0.717, 1.165) is 49.8 Å². The Bertz CT molecular complexity index is 1190. The van der Waals surface area contributed by atoms with Crippen LogP contribution in [0.1, 0.15) is 62.1 Å². The van der Waals surface area contributed by atoms with Crippen LogP contribution in [0.5, 0.6) is 0 Å². The van der Waals surface area contributed by atoms with Gasteiger partial charge in [-0.1, -0.05) is 54.6 Å². The average Bonchev–Trinajstić information content (AvgIpc) is 3.47. The summed E-state index contributed by atoms with van der Waals surface area (Å²) >= 11 is 0. The molecule has 168 valence electrons. The predicted octanol–water partition coefficient (Wildman–Crippen LogP) is 5.07. The van der Waals surface area contributed by atoms with E-state index in [0.29, 0.717) is 18.7 Å². The van der Waals surface area contributed by atoms with Crippen molar-refractivity contribution in [3.63, 3.8) is 0 Å². The molecule has 3 saturated carbocycles. The van der Waals surface area contributed by atoms with Gasteiger partial charge in [-0.3, -0.25) is 9.59 Å². The van der Waals surface area contributed by atoms with Crippen LogP contribution in [0, 0.1) is 10.8 Å². The van der Waals surface area contributed by atoms with Gasteiger partial charge in [-0.2, -0.15) is 0 Å². The lowest BCUT2D eigenvalue weighted by Gasteiger charge is -2.51. The Morgan fingerprint density at radius 1 is 0.909 bits per heavy atom. The van der Waals surface area contributed by atoms with Crippen LogP contribution < -0.4 is 5.32 Å². The Labute approximate surface area is 194 Å². The van der Waals surface area contributed by atoms with Crippen molar-refractivity contribution in [3.8, 4) is 11.3 Å². The molecule has 33 heavy (non-hydrogen) atoms. The molecule has 5 nitrogen and oxygen atoms in total. The average molecular weight is 440 g/mol. The van der Waals surface area contributed by atoms with E-state index in [1.54, 1.807) is 0 Å². The highest BCUT2D eigenvalue weighted by molar-refractivity contribution is 5.89. The number of fused-ring (bicyclic) bond motifs is 6. The van der Waals surface area contributed by atoms with E-state index in [1.807, 2.05) is 48.9 Å². The van der Waals surface area contributed by atoms with Crippen LogP contribution in [0.3, 0.4) is 0 Å². The zero-order valence-corrected chi connectivity index (χ0v) is 18.8. The topological polar surface area (TPSA) is 64.0 Å². The van der Waals surface area contributed by atoms with Crippen molar-refractivity contribution in [1.29, 1.82) is 0 Å². The van der Waals surface area contributed by atoms with E-state index in [4.69, 9.17) is 0 Å². The summed E-state index contributed by atoms with van der Waals surface area (Å²) in [4.78, 5) is 31.2. The Hall–Kier alpha value is -3.21. The Balaban J connectivity index is 1.14. The van der Waals surface area contributed by atoms with Crippen LogP contribution in [-0.2, 0) is 16.1 Å². The summed E-state index contributed by atoms with van der Waals surface area (Å²) in [6.07, 6.45) is 9.19. The van der Waals surface area contributed by atoms with Crippen LogP contribution in [0.2, 0.25) is 0 Å². The summed E-state index contributed by atoms with van der Waals surface area (Å²) in [5.41, 5.74) is 4.07. The molecule has 4 aliphatic rings. The first-order valence-electron chi connectivity index (χ1n) is 12.1. The van der Waals surface area contributed by atoms with Crippen molar-refractivity contribution in [2.45, 2.75) is 57.5 Å². The number of carbonyl (C=O) groups is 2. The maximum Gasteiger partial charge on any atom is 0.226 e. The molecule has 1 aromatic heterocycles. The van der Waals surface area contributed by atoms with Crippen molar-refractivity contribution in [1.82, 2.24) is 14.9 Å². The SMILES string of the molecule is O=C(CC1c2ccccc2-c2cncn21)C12CCC(C(=O)NCc3ccccc3)(CC1)CC2. The van der Waals surface area contributed by atoms with Crippen LogP contribution >= 0.6 is 0 Å². The molecule has 1 N–H and O–H groups in total. The molecular weight excluding hydrogens is 410 g/mol. The highest BCUT2D eigenvalue weighted by Gasteiger charge is 2.55. The van der Waals surface area contributed by atoms with Gasteiger partial charge in [-0.05, 0) is 49.7 Å². The number of amides is 1. The molecule has 0 saturated heterocycles. The van der Waals surface area contributed by atoms with Crippen molar-refractivity contribution < 1.29 is 9.59 Å². The number of benzene rings is 2. The highest BCUT2D eigenvalue weighted by Crippen LogP contribution is 2.58. The molecule has 1 unspecified atom stereocenters. The first kappa shape index (κ1) is 20.4. The fourth-order valence-corrected chi connectivity index (χ4v) is 6.44. The molecular formula is C28H29N3O2. The number of nitrogens with one attached hydrogen (secondary N) is 1. The van der Waals surface area contributed by atoms with E-state index in [1.165, 1.54) is 11.1 Å². The minimum absolute atomic E-state index is 0.0309. The minimum atomic E-state index is -0.297. The fourth-order valence-electron chi connectivity index (χ4n) is 6.44. The van der Waals surface area contributed by atoms with Crippen LogP contribution in [-0.4, -0.2) is 21.2 Å². The molecule has 0 radical (unpaired) electrons. The Morgan fingerprint density at radius 2 is 1.58 bits per heavy atom. The third-order valence-corrected chi connectivity index (χ3v) is 8.59.